The van der Waals surface area contributed by atoms with Crippen molar-refractivity contribution in [1.82, 2.24) is 19.9 Å². The van der Waals surface area contributed by atoms with Gasteiger partial charge in [0.05, 0.1) is 22.4 Å². The van der Waals surface area contributed by atoms with Crippen molar-refractivity contribution in [2.75, 3.05) is 0 Å². The number of hydrogen-bond donors (Lipinski definition) is 3. The van der Waals surface area contributed by atoms with Crippen LogP contribution in [-0.2, 0) is 4.57 Å². The zero-order valence-electron chi connectivity index (χ0n) is 21.5. The summed E-state index contributed by atoms with van der Waals surface area (Å²) in [4.78, 5) is 47.1. The summed E-state index contributed by atoms with van der Waals surface area (Å²) in [6, 6.07) is 25.9. The maximum atomic E-state index is 11.4. The van der Waals surface area contributed by atoms with E-state index in [4.69, 9.17) is 19.0 Å². The van der Waals surface area contributed by atoms with Crippen LogP contribution >= 0.6 is 16.9 Å². The third-order valence-corrected chi connectivity index (χ3v) is 7.61. The lowest BCUT2D eigenvalue weighted by molar-refractivity contribution is 0.377. The van der Waals surface area contributed by atoms with Gasteiger partial charge in [0, 0.05) is 45.1 Å². The van der Waals surface area contributed by atoms with Gasteiger partial charge in [-0.15, -0.1) is 0 Å². The monoisotopic (exact) mass is 594 g/mol. The molecule has 3 aromatic carbocycles. The molecule has 3 N–H and O–H groups in total. The fourth-order valence-electron chi connectivity index (χ4n) is 5.08. The van der Waals surface area contributed by atoms with E-state index in [0.29, 0.717) is 38.6 Å². The highest BCUT2D eigenvalue weighted by Gasteiger charge is 2.15. The van der Waals surface area contributed by atoms with Gasteiger partial charge in [-0.05, 0) is 54.6 Å². The van der Waals surface area contributed by atoms with Crippen molar-refractivity contribution in [3.05, 3.63) is 97.3 Å². The van der Waals surface area contributed by atoms with E-state index in [1.807, 2.05) is 48.5 Å². The highest BCUT2D eigenvalue weighted by atomic mass is 31.2. The Hall–Kier alpha value is -4.56. The molecule has 0 aliphatic carbocycles. The Kier molecular flexibility index (Phi) is 6.70. The molecular weight excluding hydrogens is 574 g/mol. The van der Waals surface area contributed by atoms with Gasteiger partial charge in [-0.2, -0.15) is 0 Å². The Morgan fingerprint density at radius 3 is 1.74 bits per heavy atom. The molecule has 206 valence electrons. The minimum absolute atomic E-state index is 0.283. The quantitative estimate of drug-likeness (QED) is 0.143. The van der Waals surface area contributed by atoms with Crippen molar-refractivity contribution >= 4 is 60.5 Å². The average Bonchev–Trinajstić information content (AvgIpc) is 3.00. The lowest BCUT2D eigenvalue weighted by Crippen LogP contribution is -1.93. The van der Waals surface area contributed by atoms with Gasteiger partial charge in [0.2, 0.25) is 0 Å². The number of pyridine rings is 4. The van der Waals surface area contributed by atoms with Gasteiger partial charge in [-0.3, -0.25) is 9.97 Å². The molecule has 0 aliphatic heterocycles. The number of fused-ring (bicyclic) bond motifs is 6. The molecule has 0 fully saturated rings. The van der Waals surface area contributed by atoms with Crippen LogP contribution in [-0.4, -0.2) is 34.6 Å². The molecule has 4 heterocycles. The minimum Gasteiger partial charge on any atom is -0.426 e. The first-order valence-electron chi connectivity index (χ1n) is 12.7. The third kappa shape index (κ3) is 4.81. The van der Waals surface area contributed by atoms with E-state index < -0.39 is 16.9 Å². The number of nitrogens with zero attached hydrogens (tertiary/aromatic N) is 4. The maximum absolute atomic E-state index is 11.4. The lowest BCUT2D eigenvalue weighted by atomic mass is 10.0. The van der Waals surface area contributed by atoms with Gasteiger partial charge in [-0.25, -0.2) is 14.5 Å². The summed E-state index contributed by atoms with van der Waals surface area (Å²) >= 11 is 0. The van der Waals surface area contributed by atoms with Gasteiger partial charge in [0.15, 0.2) is 0 Å². The van der Waals surface area contributed by atoms with Crippen LogP contribution in [0.15, 0.2) is 97.3 Å². The van der Waals surface area contributed by atoms with Crippen molar-refractivity contribution in [1.29, 1.82) is 0 Å². The average molecular weight is 594 g/mol. The zero-order chi connectivity index (χ0) is 28.8. The molecule has 0 aliphatic rings. The molecule has 0 bridgehead atoms. The standard InChI is InChI=1S/C30H20N4O6P2/c35-41(36)39-25-15-19-8-10-23(33-27(19)29-21(25)6-2-12-31-29)17-4-1-5-18(14-17)24-11-9-20-16-26(40-42(37)38)22-7-3-13-32-30(22)28(20)34-24/h1-16,35-36,42H,(H,37,38). The van der Waals surface area contributed by atoms with Crippen molar-refractivity contribution in [2.24, 2.45) is 0 Å². The first kappa shape index (κ1) is 26.3. The van der Waals surface area contributed by atoms with Crippen LogP contribution < -0.4 is 9.05 Å². The summed E-state index contributed by atoms with van der Waals surface area (Å²) in [6.45, 7) is 0. The van der Waals surface area contributed by atoms with Crippen LogP contribution in [0.3, 0.4) is 0 Å². The van der Waals surface area contributed by atoms with Crippen LogP contribution in [0.4, 0.5) is 0 Å². The van der Waals surface area contributed by atoms with Gasteiger partial charge >= 0.3 is 16.9 Å². The van der Waals surface area contributed by atoms with Crippen molar-refractivity contribution < 1.29 is 28.3 Å². The minimum atomic E-state index is -3.19. The van der Waals surface area contributed by atoms with E-state index in [9.17, 15) is 19.2 Å². The first-order valence-corrected chi connectivity index (χ1v) is 15.1. The SMILES string of the molecule is O=[PH](O)Oc1cc2ccc(-c3cccc(-c4ccc5cc(OP(O)O)c6cccnc6c5n4)c3)nc2c2ncccc12. The molecule has 1 unspecified atom stereocenters. The molecule has 0 spiro atoms. The van der Waals surface area contributed by atoms with Crippen LogP contribution in [0.1, 0.15) is 0 Å². The van der Waals surface area contributed by atoms with E-state index in [1.165, 1.54) is 0 Å². The summed E-state index contributed by atoms with van der Waals surface area (Å²) in [6.07, 6.45) is 3.30. The molecule has 0 saturated carbocycles. The Labute approximate surface area is 239 Å². The molecule has 0 saturated heterocycles. The number of aromatic nitrogens is 4. The number of benzene rings is 3. The molecular formula is C30H20N4O6P2. The second kappa shape index (κ2) is 10.7. The molecule has 10 nitrogen and oxygen atoms in total. The molecule has 7 rings (SSSR count). The summed E-state index contributed by atoms with van der Waals surface area (Å²) in [7, 11) is -5.78. The Balaban J connectivity index is 1.33. The molecule has 0 amide bonds. The molecule has 42 heavy (non-hydrogen) atoms. The largest absolute Gasteiger partial charge is 0.426 e. The topological polar surface area (TPSA) is 148 Å². The highest BCUT2D eigenvalue weighted by molar-refractivity contribution is 7.39. The van der Waals surface area contributed by atoms with Gasteiger partial charge in [-0.1, -0.05) is 30.3 Å². The first-order chi connectivity index (χ1) is 20.4. The summed E-state index contributed by atoms with van der Waals surface area (Å²) in [5.41, 5.74) is 5.65. The fourth-order valence-corrected chi connectivity index (χ4v) is 5.76. The third-order valence-electron chi connectivity index (χ3n) is 6.85. The van der Waals surface area contributed by atoms with Crippen molar-refractivity contribution in [3.63, 3.8) is 0 Å². The molecule has 4 aromatic heterocycles. The van der Waals surface area contributed by atoms with E-state index in [-0.39, 0.29) is 5.75 Å². The van der Waals surface area contributed by atoms with Gasteiger partial charge in [0.1, 0.15) is 22.5 Å². The van der Waals surface area contributed by atoms with Crippen molar-refractivity contribution in [3.8, 4) is 34.0 Å². The summed E-state index contributed by atoms with van der Waals surface area (Å²) in [5.74, 6) is 0.609. The van der Waals surface area contributed by atoms with E-state index in [0.717, 1.165) is 33.3 Å². The highest BCUT2D eigenvalue weighted by Crippen LogP contribution is 2.39. The van der Waals surface area contributed by atoms with Crippen LogP contribution in [0.5, 0.6) is 11.5 Å². The van der Waals surface area contributed by atoms with E-state index in [2.05, 4.69) is 9.97 Å². The van der Waals surface area contributed by atoms with Gasteiger partial charge in [0.25, 0.3) is 0 Å². The van der Waals surface area contributed by atoms with Crippen LogP contribution in [0.25, 0.3) is 66.1 Å². The second-order valence-corrected chi connectivity index (χ2v) is 10.8. The summed E-state index contributed by atoms with van der Waals surface area (Å²) < 4.78 is 21.9. The van der Waals surface area contributed by atoms with Gasteiger partial charge < -0.3 is 23.7 Å². The Morgan fingerprint density at radius 2 is 1.19 bits per heavy atom. The molecule has 7 aromatic rings. The van der Waals surface area contributed by atoms with E-state index in [1.54, 1.807) is 48.8 Å². The maximum Gasteiger partial charge on any atom is 0.391 e. The number of rotatable bonds is 6. The number of hydrogen-bond acceptors (Lipinski definition) is 9. The second-order valence-electron chi connectivity index (χ2n) is 9.38. The zero-order valence-corrected chi connectivity index (χ0v) is 23.4. The predicted octanol–water partition coefficient (Wildman–Crippen LogP) is 6.56. The molecule has 1 atom stereocenters. The lowest BCUT2D eigenvalue weighted by Gasteiger charge is -2.12. The Bertz CT molecular complexity index is 2190. The van der Waals surface area contributed by atoms with Crippen LogP contribution in [0, 0.1) is 0 Å². The Morgan fingerprint density at radius 1 is 0.643 bits per heavy atom. The van der Waals surface area contributed by atoms with Crippen molar-refractivity contribution in [2.45, 2.75) is 0 Å². The predicted molar refractivity (Wildman–Crippen MR) is 162 cm³/mol. The molecule has 12 heteroatoms. The molecule has 0 radical (unpaired) electrons. The van der Waals surface area contributed by atoms with Crippen LogP contribution in [0.2, 0.25) is 0 Å². The normalized spacial score (nSPS) is 12.4. The van der Waals surface area contributed by atoms with E-state index >= 15 is 0 Å². The smallest absolute Gasteiger partial charge is 0.391 e. The fraction of sp³-hybridized carbons (Fsp3) is 0. The summed E-state index contributed by atoms with van der Waals surface area (Å²) in [5, 5.41) is 2.70.